The van der Waals surface area contributed by atoms with Crippen molar-refractivity contribution in [2.45, 2.75) is 34.1 Å². The zero-order valence-electron chi connectivity index (χ0n) is 8.02. The molecule has 0 aromatic rings. The monoisotopic (exact) mass is 150 g/mol. The summed E-state index contributed by atoms with van der Waals surface area (Å²) in [6.07, 6.45) is 9.68. The van der Waals surface area contributed by atoms with E-state index in [-0.39, 0.29) is 0 Å². The van der Waals surface area contributed by atoms with Gasteiger partial charge in [0.1, 0.15) is 0 Å². The van der Waals surface area contributed by atoms with Crippen LogP contribution >= 0.6 is 0 Å². The van der Waals surface area contributed by atoms with Crippen molar-refractivity contribution in [3.8, 4) is 0 Å². The summed E-state index contributed by atoms with van der Waals surface area (Å²) in [6, 6.07) is 0. The molecule has 0 N–H and O–H groups in total. The Balaban J connectivity index is 3.93. The minimum Gasteiger partial charge on any atom is -0.0819 e. The Morgan fingerprint density at radius 1 is 1.18 bits per heavy atom. The van der Waals surface area contributed by atoms with Crippen LogP contribution in [0.5, 0.6) is 0 Å². The van der Waals surface area contributed by atoms with E-state index in [2.05, 4.69) is 52.0 Å². The largest absolute Gasteiger partial charge is 0.0819 e. The lowest BCUT2D eigenvalue weighted by Crippen LogP contribution is -1.66. The van der Waals surface area contributed by atoms with E-state index in [4.69, 9.17) is 0 Å². The maximum atomic E-state index is 2.22. The number of hydrogen-bond acceptors (Lipinski definition) is 0. The van der Waals surface area contributed by atoms with Gasteiger partial charge in [0.25, 0.3) is 0 Å². The molecule has 0 atom stereocenters. The van der Waals surface area contributed by atoms with Crippen molar-refractivity contribution < 1.29 is 0 Å². The molecule has 0 amide bonds. The van der Waals surface area contributed by atoms with Crippen molar-refractivity contribution in [3.05, 3.63) is 35.5 Å². The first-order valence-corrected chi connectivity index (χ1v) is 4.15. The van der Waals surface area contributed by atoms with Crippen molar-refractivity contribution >= 4 is 0 Å². The molecule has 0 radical (unpaired) electrons. The summed E-state index contributed by atoms with van der Waals surface area (Å²) in [5, 5.41) is 0. The summed E-state index contributed by atoms with van der Waals surface area (Å²) >= 11 is 0. The Bertz CT molecular complexity index is 176. The smallest absolute Gasteiger partial charge is 0.0374 e. The third kappa shape index (κ3) is 7.11. The van der Waals surface area contributed by atoms with E-state index in [9.17, 15) is 0 Å². The van der Waals surface area contributed by atoms with Crippen LogP contribution in [0, 0.1) is 0 Å². The second-order valence-corrected chi connectivity index (χ2v) is 2.96. The third-order valence-electron chi connectivity index (χ3n) is 1.31. The lowest BCUT2D eigenvalue weighted by molar-refractivity contribution is 1.20. The molecule has 11 heavy (non-hydrogen) atoms. The summed E-state index contributed by atoms with van der Waals surface area (Å²) in [5.74, 6) is 0. The lowest BCUT2D eigenvalue weighted by Gasteiger charge is -1.88. The van der Waals surface area contributed by atoms with Crippen LogP contribution in [-0.4, -0.2) is 0 Å². The first-order valence-electron chi connectivity index (χ1n) is 4.15. The second-order valence-electron chi connectivity index (χ2n) is 2.96. The van der Waals surface area contributed by atoms with Gasteiger partial charge in [-0.15, -0.1) is 0 Å². The van der Waals surface area contributed by atoms with E-state index in [1.165, 1.54) is 11.1 Å². The van der Waals surface area contributed by atoms with Gasteiger partial charge in [0.05, 0.1) is 0 Å². The van der Waals surface area contributed by atoms with Gasteiger partial charge < -0.3 is 0 Å². The van der Waals surface area contributed by atoms with E-state index in [1.54, 1.807) is 0 Å². The van der Waals surface area contributed by atoms with Gasteiger partial charge >= 0.3 is 0 Å². The second kappa shape index (κ2) is 5.96. The molecule has 0 spiro atoms. The minimum absolute atomic E-state index is 1.12. The van der Waals surface area contributed by atoms with E-state index in [1.807, 2.05) is 0 Å². The zero-order chi connectivity index (χ0) is 8.69. The fraction of sp³-hybridized carbons (Fsp3) is 0.455. The molecule has 0 nitrogen and oxygen atoms in total. The quantitative estimate of drug-likeness (QED) is 0.536. The molecule has 62 valence electrons. The van der Waals surface area contributed by atoms with E-state index in [0.29, 0.717) is 0 Å². The lowest BCUT2D eigenvalue weighted by atomic mass is 10.2. The molecular weight excluding hydrogens is 132 g/mol. The van der Waals surface area contributed by atoms with Crippen molar-refractivity contribution in [3.63, 3.8) is 0 Å². The normalized spacial score (nSPS) is 12.2. The first kappa shape index (κ1) is 10.2. The van der Waals surface area contributed by atoms with Crippen LogP contribution in [0.3, 0.4) is 0 Å². The van der Waals surface area contributed by atoms with Crippen LogP contribution in [-0.2, 0) is 0 Å². The van der Waals surface area contributed by atoms with Gasteiger partial charge in [-0.05, 0) is 27.2 Å². The van der Waals surface area contributed by atoms with Crippen molar-refractivity contribution in [1.29, 1.82) is 0 Å². The van der Waals surface area contributed by atoms with Crippen molar-refractivity contribution in [2.24, 2.45) is 0 Å². The highest BCUT2D eigenvalue weighted by molar-refractivity contribution is 5.21. The highest BCUT2D eigenvalue weighted by Gasteiger charge is 1.77. The highest BCUT2D eigenvalue weighted by atomic mass is 13.8. The van der Waals surface area contributed by atoms with Crippen molar-refractivity contribution in [1.82, 2.24) is 0 Å². The molecule has 0 unspecified atom stereocenters. The Labute approximate surface area is 70.3 Å². The fourth-order valence-electron chi connectivity index (χ4n) is 0.782. The van der Waals surface area contributed by atoms with Crippen LogP contribution in [0.25, 0.3) is 0 Å². The predicted octanol–water partition coefficient (Wildman–Crippen LogP) is 3.87. The standard InChI is InChI=1S/C11H18/c1-5-7-11(4)9-6-8-10(2)3/h6-9H,5H2,1-4H3/b9-6-,11-7+. The van der Waals surface area contributed by atoms with Crippen LogP contribution in [0.2, 0.25) is 0 Å². The van der Waals surface area contributed by atoms with Gasteiger partial charge in [0.15, 0.2) is 0 Å². The van der Waals surface area contributed by atoms with Crippen molar-refractivity contribution in [2.75, 3.05) is 0 Å². The predicted molar refractivity (Wildman–Crippen MR) is 52.6 cm³/mol. The third-order valence-corrected chi connectivity index (χ3v) is 1.31. The average molecular weight is 150 g/mol. The van der Waals surface area contributed by atoms with Crippen LogP contribution in [0.4, 0.5) is 0 Å². The van der Waals surface area contributed by atoms with Gasteiger partial charge in [-0.3, -0.25) is 0 Å². The maximum Gasteiger partial charge on any atom is -0.0374 e. The zero-order valence-corrected chi connectivity index (χ0v) is 8.02. The first-order chi connectivity index (χ1) is 5.16. The summed E-state index contributed by atoms with van der Waals surface area (Å²) in [4.78, 5) is 0. The molecule has 0 aliphatic heterocycles. The SMILES string of the molecule is CC/C=C(C)/C=C\C=C(C)C. The molecule has 0 aliphatic rings. The molecule has 0 heterocycles. The van der Waals surface area contributed by atoms with Gasteiger partial charge in [-0.2, -0.15) is 0 Å². The number of allylic oxidation sites excluding steroid dienone is 6. The van der Waals surface area contributed by atoms with Crippen LogP contribution in [0.1, 0.15) is 34.1 Å². The fourth-order valence-corrected chi connectivity index (χ4v) is 0.782. The molecule has 0 fully saturated rings. The Morgan fingerprint density at radius 2 is 1.82 bits per heavy atom. The molecule has 0 aliphatic carbocycles. The summed E-state index contributed by atoms with van der Waals surface area (Å²) in [7, 11) is 0. The summed E-state index contributed by atoms with van der Waals surface area (Å²) < 4.78 is 0. The Hall–Kier alpha value is -0.780. The molecule has 0 rings (SSSR count). The van der Waals surface area contributed by atoms with E-state index < -0.39 is 0 Å². The van der Waals surface area contributed by atoms with Gasteiger partial charge in [-0.25, -0.2) is 0 Å². The molecule has 0 bridgehead atoms. The average Bonchev–Trinajstić information content (AvgIpc) is 1.87. The topological polar surface area (TPSA) is 0 Å². The molecule has 0 aromatic carbocycles. The highest BCUT2D eigenvalue weighted by Crippen LogP contribution is 1.98. The summed E-state index contributed by atoms with van der Waals surface area (Å²) in [5.41, 5.74) is 2.68. The van der Waals surface area contributed by atoms with Crippen LogP contribution in [0.15, 0.2) is 35.5 Å². The summed E-state index contributed by atoms with van der Waals surface area (Å²) in [6.45, 7) is 8.48. The van der Waals surface area contributed by atoms with Gasteiger partial charge in [0.2, 0.25) is 0 Å². The van der Waals surface area contributed by atoms with Gasteiger partial charge in [0, 0.05) is 0 Å². The number of rotatable bonds is 3. The molecule has 0 saturated heterocycles. The minimum atomic E-state index is 1.12. The molecule has 0 saturated carbocycles. The maximum absolute atomic E-state index is 2.22. The molecule has 0 aromatic heterocycles. The molecular formula is C11H18. The number of hydrogen-bond donors (Lipinski definition) is 0. The van der Waals surface area contributed by atoms with E-state index in [0.717, 1.165) is 6.42 Å². The molecule has 0 heteroatoms. The van der Waals surface area contributed by atoms with Gasteiger partial charge in [-0.1, -0.05) is 42.4 Å². The van der Waals surface area contributed by atoms with E-state index >= 15 is 0 Å². The Morgan fingerprint density at radius 3 is 2.27 bits per heavy atom. The van der Waals surface area contributed by atoms with Crippen LogP contribution < -0.4 is 0 Å². The Kier molecular flexibility index (Phi) is 5.54.